The molecule has 0 amide bonds. The number of hydrogen-bond donors (Lipinski definition) is 0. The molecule has 0 unspecified atom stereocenters. The fourth-order valence-electron chi connectivity index (χ4n) is 1.82. The van der Waals surface area contributed by atoms with E-state index in [0.29, 0.717) is 10.4 Å². The predicted molar refractivity (Wildman–Crippen MR) is 82.2 cm³/mol. The monoisotopic (exact) mass is 320 g/mol. The third-order valence-electron chi connectivity index (χ3n) is 2.73. The van der Waals surface area contributed by atoms with E-state index in [1.54, 1.807) is 18.2 Å². The zero-order valence-corrected chi connectivity index (χ0v) is 12.4. The summed E-state index contributed by atoms with van der Waals surface area (Å²) < 4.78 is 5.10. The lowest BCUT2D eigenvalue weighted by Crippen LogP contribution is -1.97. The molecule has 2 aromatic rings. The fourth-order valence-corrected chi connectivity index (χ4v) is 2.90. The van der Waals surface area contributed by atoms with E-state index in [1.807, 2.05) is 11.4 Å². The molecule has 2 rings (SSSR count). The Hall–Kier alpha value is -2.36. The zero-order chi connectivity index (χ0) is 15.4. The van der Waals surface area contributed by atoms with Crippen LogP contribution in [0.1, 0.15) is 10.4 Å². The van der Waals surface area contributed by atoms with E-state index in [-0.39, 0.29) is 22.0 Å². The Morgan fingerprint density at radius 1 is 1.43 bits per heavy atom. The molecule has 0 fully saturated rings. The van der Waals surface area contributed by atoms with Crippen LogP contribution in [0.2, 0.25) is 0 Å². The molecule has 0 atom stereocenters. The van der Waals surface area contributed by atoms with Crippen LogP contribution in [0.25, 0.3) is 10.6 Å². The third kappa shape index (κ3) is 2.89. The normalized spacial score (nSPS) is 11.5. The number of nitriles is 1. The van der Waals surface area contributed by atoms with Crippen LogP contribution in [-0.4, -0.2) is 12.0 Å². The van der Waals surface area contributed by atoms with Gasteiger partial charge < -0.3 is 4.74 Å². The van der Waals surface area contributed by atoms with Gasteiger partial charge in [0.15, 0.2) is 0 Å². The van der Waals surface area contributed by atoms with Gasteiger partial charge in [-0.1, -0.05) is 23.7 Å². The van der Waals surface area contributed by atoms with E-state index in [4.69, 9.17) is 16.3 Å². The molecule has 0 aliphatic rings. The topological polar surface area (TPSA) is 76.2 Å². The lowest BCUT2D eigenvalue weighted by molar-refractivity contribution is -0.385. The van der Waals surface area contributed by atoms with Gasteiger partial charge in [-0.3, -0.25) is 10.1 Å². The molecule has 0 saturated heterocycles. The van der Waals surface area contributed by atoms with E-state index >= 15 is 0 Å². The van der Waals surface area contributed by atoms with Crippen LogP contribution in [0.5, 0.6) is 5.75 Å². The van der Waals surface area contributed by atoms with Gasteiger partial charge in [-0.2, -0.15) is 5.26 Å². The van der Waals surface area contributed by atoms with Gasteiger partial charge in [0.2, 0.25) is 5.75 Å². The number of halogens is 1. The van der Waals surface area contributed by atoms with Crippen LogP contribution in [0, 0.1) is 21.4 Å². The molecule has 0 radical (unpaired) electrons. The highest BCUT2D eigenvalue weighted by Crippen LogP contribution is 2.40. The lowest BCUT2D eigenvalue weighted by Gasteiger charge is -2.09. The Kier molecular flexibility index (Phi) is 4.58. The smallest absolute Gasteiger partial charge is 0.311 e. The average molecular weight is 321 g/mol. The lowest BCUT2D eigenvalue weighted by atomic mass is 10.1. The molecule has 0 bridgehead atoms. The van der Waals surface area contributed by atoms with Gasteiger partial charge in [-0.05, 0) is 17.5 Å². The third-order valence-corrected chi connectivity index (χ3v) is 4.01. The second-order valence-corrected chi connectivity index (χ2v) is 5.22. The largest absolute Gasteiger partial charge is 0.490 e. The van der Waals surface area contributed by atoms with Crippen molar-refractivity contribution in [3.05, 3.63) is 56.3 Å². The Balaban J connectivity index is 2.69. The molecule has 0 spiro atoms. The van der Waals surface area contributed by atoms with Crippen LogP contribution in [0.3, 0.4) is 0 Å². The Labute approximate surface area is 129 Å². The van der Waals surface area contributed by atoms with Gasteiger partial charge in [0, 0.05) is 16.5 Å². The van der Waals surface area contributed by atoms with Crippen molar-refractivity contribution < 1.29 is 9.66 Å². The second kappa shape index (κ2) is 6.39. The molecular weight excluding hydrogens is 312 g/mol. The Morgan fingerprint density at radius 3 is 2.71 bits per heavy atom. The molecular formula is C14H9ClN2O3S. The van der Waals surface area contributed by atoms with Gasteiger partial charge >= 0.3 is 5.69 Å². The molecule has 5 nitrogen and oxygen atoms in total. The molecule has 21 heavy (non-hydrogen) atoms. The first kappa shape index (κ1) is 15.0. The minimum absolute atomic E-state index is 0.0387. The molecule has 1 heterocycles. The molecule has 1 aromatic carbocycles. The number of nitro benzene ring substituents is 1. The van der Waals surface area contributed by atoms with Gasteiger partial charge in [-0.25, -0.2) is 0 Å². The van der Waals surface area contributed by atoms with Gasteiger partial charge in [-0.15, -0.1) is 11.3 Å². The second-order valence-electron chi connectivity index (χ2n) is 3.89. The first-order valence-electron chi connectivity index (χ1n) is 5.75. The van der Waals surface area contributed by atoms with Crippen LogP contribution < -0.4 is 4.74 Å². The maximum atomic E-state index is 11.0. The number of benzene rings is 1. The summed E-state index contributed by atoms with van der Waals surface area (Å²) in [6.45, 7) is 0. The highest BCUT2D eigenvalue weighted by Gasteiger charge is 2.22. The summed E-state index contributed by atoms with van der Waals surface area (Å²) in [5, 5.41) is 22.3. The predicted octanol–water partition coefficient (Wildman–Crippen LogP) is 4.30. The molecule has 1 aromatic heterocycles. The molecule has 0 saturated carbocycles. The van der Waals surface area contributed by atoms with Crippen molar-refractivity contribution in [2.24, 2.45) is 0 Å². The van der Waals surface area contributed by atoms with Crippen molar-refractivity contribution in [1.29, 1.82) is 5.26 Å². The van der Waals surface area contributed by atoms with Gasteiger partial charge in [0.05, 0.1) is 22.6 Å². The number of thiophene rings is 1. The molecule has 0 aliphatic heterocycles. The molecule has 7 heteroatoms. The van der Waals surface area contributed by atoms with E-state index in [1.165, 1.54) is 30.6 Å². The Morgan fingerprint density at radius 2 is 2.19 bits per heavy atom. The number of nitrogens with zero attached hydrogens (tertiary/aromatic N) is 2. The highest BCUT2D eigenvalue weighted by molar-refractivity contribution is 7.11. The summed E-state index contributed by atoms with van der Waals surface area (Å²) in [5.41, 5.74) is 0.375. The quantitative estimate of drug-likeness (QED) is 0.478. The summed E-state index contributed by atoms with van der Waals surface area (Å²) in [7, 11) is 1.33. The van der Waals surface area contributed by atoms with Crippen molar-refractivity contribution >= 4 is 39.2 Å². The first-order chi connectivity index (χ1) is 10.1. The van der Waals surface area contributed by atoms with Crippen molar-refractivity contribution in [3.63, 3.8) is 0 Å². The van der Waals surface area contributed by atoms with Crippen LogP contribution in [-0.2, 0) is 0 Å². The van der Waals surface area contributed by atoms with E-state index < -0.39 is 4.92 Å². The molecule has 106 valence electrons. The first-order valence-corrected chi connectivity index (χ1v) is 7.01. The zero-order valence-electron chi connectivity index (χ0n) is 10.9. The summed E-state index contributed by atoms with van der Waals surface area (Å²) in [6, 6.07) is 10.00. The van der Waals surface area contributed by atoms with Crippen molar-refractivity contribution in [1.82, 2.24) is 0 Å². The summed E-state index contributed by atoms with van der Waals surface area (Å²) >= 11 is 7.65. The Bertz CT molecular complexity index is 748. The highest BCUT2D eigenvalue weighted by atomic mass is 35.5. The van der Waals surface area contributed by atoms with Crippen LogP contribution in [0.4, 0.5) is 5.69 Å². The van der Waals surface area contributed by atoms with Gasteiger partial charge in [0.1, 0.15) is 6.07 Å². The summed E-state index contributed by atoms with van der Waals surface area (Å²) in [6.07, 6.45) is 0. The molecule has 0 N–H and O–H groups in total. The van der Waals surface area contributed by atoms with E-state index in [9.17, 15) is 15.4 Å². The maximum absolute atomic E-state index is 11.0. The minimum atomic E-state index is -0.552. The minimum Gasteiger partial charge on any atom is -0.490 e. The molecule has 0 aliphatic carbocycles. The number of methoxy groups -OCH3 is 1. The average Bonchev–Trinajstić information content (AvgIpc) is 3.00. The van der Waals surface area contributed by atoms with Crippen molar-refractivity contribution in [3.8, 4) is 11.8 Å². The number of para-hydroxylation sites is 1. The van der Waals surface area contributed by atoms with Crippen LogP contribution >= 0.6 is 22.9 Å². The van der Waals surface area contributed by atoms with Crippen molar-refractivity contribution in [2.75, 3.05) is 7.11 Å². The van der Waals surface area contributed by atoms with Gasteiger partial charge in [0.25, 0.3) is 0 Å². The number of ether oxygens (including phenoxy) is 1. The van der Waals surface area contributed by atoms with Crippen LogP contribution in [0.15, 0.2) is 35.7 Å². The number of allylic oxidation sites excluding steroid dienone is 1. The summed E-state index contributed by atoms with van der Waals surface area (Å²) in [5.74, 6) is 0.0387. The van der Waals surface area contributed by atoms with Crippen molar-refractivity contribution in [2.45, 2.75) is 0 Å². The maximum Gasteiger partial charge on any atom is 0.311 e. The standard InChI is InChI=1S/C14H9ClN2O3S/c1-20-14-9(4-2-5-11(14)17(18)19)13(15)10(8-16)12-6-3-7-21-12/h2-7H,1H3/b13-10+. The summed E-state index contributed by atoms with van der Waals surface area (Å²) in [4.78, 5) is 11.2. The fraction of sp³-hybridized carbons (Fsp3) is 0.0714. The number of rotatable bonds is 4. The SMILES string of the molecule is COc1c(/C(Cl)=C(/C#N)c2cccs2)cccc1[N+](=O)[O-]. The van der Waals surface area contributed by atoms with E-state index in [2.05, 4.69) is 0 Å². The van der Waals surface area contributed by atoms with E-state index in [0.717, 1.165) is 0 Å². The number of nitro groups is 1. The number of hydrogen-bond acceptors (Lipinski definition) is 5.